The van der Waals surface area contributed by atoms with E-state index < -0.39 is 0 Å². The molecule has 0 saturated carbocycles. The molecule has 1 atom stereocenters. The predicted octanol–water partition coefficient (Wildman–Crippen LogP) is 2.56. The van der Waals surface area contributed by atoms with Gasteiger partial charge in [0, 0.05) is 13.0 Å². The molecule has 1 aromatic rings. The van der Waals surface area contributed by atoms with E-state index >= 15 is 0 Å². The van der Waals surface area contributed by atoms with Crippen molar-refractivity contribution in [2.45, 2.75) is 32.1 Å². The van der Waals surface area contributed by atoms with Crippen molar-refractivity contribution in [1.29, 1.82) is 0 Å². The van der Waals surface area contributed by atoms with Gasteiger partial charge in [-0.25, -0.2) is 0 Å². The average molecular weight is 327 g/mol. The van der Waals surface area contributed by atoms with Gasteiger partial charge in [-0.15, -0.1) is 12.4 Å². The molecule has 1 fully saturated rings. The molecule has 1 aromatic carbocycles. The van der Waals surface area contributed by atoms with Crippen LogP contribution in [0.5, 0.6) is 5.75 Å². The number of aryl methyl sites for hydroxylation is 1. The Morgan fingerprint density at radius 3 is 2.77 bits per heavy atom. The minimum Gasteiger partial charge on any atom is -0.497 e. The van der Waals surface area contributed by atoms with Crippen LogP contribution in [0.1, 0.15) is 31.2 Å². The molecule has 22 heavy (non-hydrogen) atoms. The molecule has 124 valence electrons. The summed E-state index contributed by atoms with van der Waals surface area (Å²) in [6.45, 7) is 3.04. The van der Waals surface area contributed by atoms with Crippen molar-refractivity contribution in [3.63, 3.8) is 0 Å². The third-order valence-corrected chi connectivity index (χ3v) is 4.07. The summed E-state index contributed by atoms with van der Waals surface area (Å²) in [5, 5.41) is 6.44. The van der Waals surface area contributed by atoms with Crippen molar-refractivity contribution < 1.29 is 9.53 Å². The Morgan fingerprint density at radius 1 is 1.36 bits per heavy atom. The number of ether oxygens (including phenoxy) is 1. The molecule has 5 heteroatoms. The molecule has 0 bridgehead atoms. The zero-order chi connectivity index (χ0) is 14.9. The van der Waals surface area contributed by atoms with Crippen LogP contribution in [0.3, 0.4) is 0 Å². The molecule has 1 heterocycles. The van der Waals surface area contributed by atoms with Crippen molar-refractivity contribution in [3.8, 4) is 5.75 Å². The lowest BCUT2D eigenvalue weighted by atomic mass is 9.96. The van der Waals surface area contributed by atoms with Gasteiger partial charge in [0.05, 0.1) is 7.11 Å². The van der Waals surface area contributed by atoms with E-state index in [1.165, 1.54) is 18.4 Å². The summed E-state index contributed by atoms with van der Waals surface area (Å²) >= 11 is 0. The van der Waals surface area contributed by atoms with Crippen LogP contribution in [-0.2, 0) is 11.2 Å². The maximum atomic E-state index is 11.8. The van der Waals surface area contributed by atoms with Crippen molar-refractivity contribution >= 4 is 18.3 Å². The van der Waals surface area contributed by atoms with Crippen molar-refractivity contribution in [2.24, 2.45) is 5.92 Å². The molecule has 1 aliphatic rings. The monoisotopic (exact) mass is 326 g/mol. The highest BCUT2D eigenvalue weighted by atomic mass is 35.5. The standard InChI is InChI=1S/C17H26N2O2.ClH/c1-21-16-7-4-14(5-8-16)6-9-17(20)19-12-10-15-3-2-11-18-13-15;/h4-5,7-8,15,18H,2-3,6,9-13H2,1H3,(H,19,20);1H. The van der Waals surface area contributed by atoms with E-state index in [9.17, 15) is 4.79 Å². The van der Waals surface area contributed by atoms with Gasteiger partial charge in [0.1, 0.15) is 5.75 Å². The second-order valence-corrected chi connectivity index (χ2v) is 5.70. The van der Waals surface area contributed by atoms with Gasteiger partial charge in [0.25, 0.3) is 0 Å². The second kappa shape index (κ2) is 10.5. The Hall–Kier alpha value is -1.26. The lowest BCUT2D eigenvalue weighted by Crippen LogP contribution is -2.33. The first-order valence-electron chi connectivity index (χ1n) is 7.88. The highest BCUT2D eigenvalue weighted by Crippen LogP contribution is 2.14. The average Bonchev–Trinajstić information content (AvgIpc) is 2.54. The van der Waals surface area contributed by atoms with E-state index in [2.05, 4.69) is 10.6 Å². The highest BCUT2D eigenvalue weighted by molar-refractivity contribution is 5.85. The Kier molecular flexibility index (Phi) is 8.94. The fourth-order valence-electron chi connectivity index (χ4n) is 2.72. The lowest BCUT2D eigenvalue weighted by Gasteiger charge is -2.22. The smallest absolute Gasteiger partial charge is 0.220 e. The fraction of sp³-hybridized carbons (Fsp3) is 0.588. The zero-order valence-electron chi connectivity index (χ0n) is 13.3. The number of hydrogen-bond acceptors (Lipinski definition) is 3. The van der Waals surface area contributed by atoms with Gasteiger partial charge in [0.15, 0.2) is 0 Å². The number of rotatable bonds is 7. The number of amides is 1. The van der Waals surface area contributed by atoms with Gasteiger partial charge in [-0.3, -0.25) is 4.79 Å². The number of halogens is 1. The third-order valence-electron chi connectivity index (χ3n) is 4.07. The van der Waals surface area contributed by atoms with Crippen LogP contribution in [0.25, 0.3) is 0 Å². The van der Waals surface area contributed by atoms with E-state index in [0.29, 0.717) is 6.42 Å². The molecule has 0 aromatic heterocycles. The first-order valence-corrected chi connectivity index (χ1v) is 7.88. The van der Waals surface area contributed by atoms with E-state index in [0.717, 1.165) is 44.1 Å². The molecule has 1 amide bonds. The minimum absolute atomic E-state index is 0. The zero-order valence-corrected chi connectivity index (χ0v) is 14.1. The van der Waals surface area contributed by atoms with Crippen LogP contribution in [0.4, 0.5) is 0 Å². The quantitative estimate of drug-likeness (QED) is 0.809. The Morgan fingerprint density at radius 2 is 2.14 bits per heavy atom. The minimum atomic E-state index is 0. The summed E-state index contributed by atoms with van der Waals surface area (Å²) in [6.07, 6.45) is 4.96. The summed E-state index contributed by atoms with van der Waals surface area (Å²) in [7, 11) is 1.66. The highest BCUT2D eigenvalue weighted by Gasteiger charge is 2.12. The predicted molar refractivity (Wildman–Crippen MR) is 91.8 cm³/mol. The van der Waals surface area contributed by atoms with Gasteiger partial charge in [0.2, 0.25) is 5.91 Å². The van der Waals surface area contributed by atoms with Crippen LogP contribution in [0.2, 0.25) is 0 Å². The van der Waals surface area contributed by atoms with Gasteiger partial charge in [-0.1, -0.05) is 12.1 Å². The van der Waals surface area contributed by atoms with Crippen molar-refractivity contribution in [1.82, 2.24) is 10.6 Å². The van der Waals surface area contributed by atoms with Crippen molar-refractivity contribution in [3.05, 3.63) is 29.8 Å². The number of methoxy groups -OCH3 is 1. The van der Waals surface area contributed by atoms with Crippen molar-refractivity contribution in [2.75, 3.05) is 26.7 Å². The number of carbonyl (C=O) groups is 1. The third kappa shape index (κ3) is 6.67. The van der Waals surface area contributed by atoms with E-state index in [1.807, 2.05) is 24.3 Å². The van der Waals surface area contributed by atoms with Gasteiger partial charge in [-0.2, -0.15) is 0 Å². The molecule has 1 saturated heterocycles. The number of piperidine rings is 1. The topological polar surface area (TPSA) is 50.4 Å². The largest absolute Gasteiger partial charge is 0.497 e. The summed E-state index contributed by atoms with van der Waals surface area (Å²) < 4.78 is 5.12. The molecule has 1 aliphatic heterocycles. The maximum Gasteiger partial charge on any atom is 0.220 e. The Labute approximate surface area is 139 Å². The molecule has 1 unspecified atom stereocenters. The van der Waals surface area contributed by atoms with Gasteiger partial charge in [-0.05, 0) is 62.4 Å². The molecule has 0 radical (unpaired) electrons. The first kappa shape index (κ1) is 18.8. The van der Waals surface area contributed by atoms with Crippen LogP contribution in [-0.4, -0.2) is 32.7 Å². The number of nitrogens with one attached hydrogen (secondary N) is 2. The van der Waals surface area contributed by atoms with Crippen LogP contribution in [0.15, 0.2) is 24.3 Å². The first-order chi connectivity index (χ1) is 10.3. The normalized spacial score (nSPS) is 17.4. The van der Waals surface area contributed by atoms with Crippen LogP contribution in [0, 0.1) is 5.92 Å². The molecular formula is C17H27ClN2O2. The van der Waals surface area contributed by atoms with Crippen LogP contribution < -0.4 is 15.4 Å². The van der Waals surface area contributed by atoms with Crippen LogP contribution >= 0.6 is 12.4 Å². The summed E-state index contributed by atoms with van der Waals surface area (Å²) in [4.78, 5) is 11.8. The Balaban J connectivity index is 0.00000242. The molecule has 0 spiro atoms. The molecule has 4 nitrogen and oxygen atoms in total. The summed E-state index contributed by atoms with van der Waals surface area (Å²) in [5.41, 5.74) is 1.17. The summed E-state index contributed by atoms with van der Waals surface area (Å²) in [5.74, 6) is 1.72. The molecule has 2 rings (SSSR count). The summed E-state index contributed by atoms with van der Waals surface area (Å²) in [6, 6.07) is 7.90. The lowest BCUT2D eigenvalue weighted by molar-refractivity contribution is -0.121. The number of benzene rings is 1. The molecule has 2 N–H and O–H groups in total. The van der Waals surface area contributed by atoms with E-state index in [4.69, 9.17) is 4.74 Å². The second-order valence-electron chi connectivity index (χ2n) is 5.70. The van der Waals surface area contributed by atoms with E-state index in [1.54, 1.807) is 7.11 Å². The van der Waals surface area contributed by atoms with E-state index in [-0.39, 0.29) is 18.3 Å². The number of hydrogen-bond donors (Lipinski definition) is 2. The maximum absolute atomic E-state index is 11.8. The van der Waals surface area contributed by atoms with Gasteiger partial charge >= 0.3 is 0 Å². The molecular weight excluding hydrogens is 300 g/mol. The fourth-order valence-corrected chi connectivity index (χ4v) is 2.72. The Bertz CT molecular complexity index is 431. The van der Waals surface area contributed by atoms with Gasteiger partial charge < -0.3 is 15.4 Å². The molecule has 0 aliphatic carbocycles. The SMILES string of the molecule is COc1ccc(CCC(=O)NCCC2CCCNC2)cc1.Cl. The number of carbonyl (C=O) groups excluding carboxylic acids is 1.